The van der Waals surface area contributed by atoms with E-state index in [0.717, 1.165) is 6.92 Å². The van der Waals surface area contributed by atoms with Crippen molar-refractivity contribution in [2.75, 3.05) is 33.0 Å². The molecule has 28 nitrogen and oxygen atoms in total. The van der Waals surface area contributed by atoms with Crippen molar-refractivity contribution in [1.82, 2.24) is 5.32 Å². The zero-order valence-corrected chi connectivity index (χ0v) is 32.2. The van der Waals surface area contributed by atoms with E-state index in [0.29, 0.717) is 0 Å². The Morgan fingerprint density at radius 2 is 0.902 bits per heavy atom. The van der Waals surface area contributed by atoms with Crippen molar-refractivity contribution in [2.24, 2.45) is 0 Å². The van der Waals surface area contributed by atoms with Gasteiger partial charge in [0.1, 0.15) is 128 Å². The average molecular weight is 900 g/mol. The van der Waals surface area contributed by atoms with Crippen molar-refractivity contribution in [2.45, 2.75) is 166 Å². The Bertz CT molecular complexity index is 1370. The molecule has 0 aliphatic carbocycles. The summed E-state index contributed by atoms with van der Waals surface area (Å²) in [5, 5.41) is 181. The van der Waals surface area contributed by atoms with E-state index in [1.807, 2.05) is 0 Å². The van der Waals surface area contributed by atoms with Crippen LogP contribution in [0.25, 0.3) is 0 Å². The van der Waals surface area contributed by atoms with E-state index in [4.69, 9.17) is 42.6 Å². The van der Waals surface area contributed by atoms with Crippen molar-refractivity contribution >= 4 is 5.91 Å². The van der Waals surface area contributed by atoms with Gasteiger partial charge in [-0.25, -0.2) is 0 Å². The molecule has 5 saturated heterocycles. The molecule has 0 aromatic rings. The van der Waals surface area contributed by atoms with Crippen LogP contribution >= 0.6 is 0 Å². The highest BCUT2D eigenvalue weighted by molar-refractivity contribution is 5.73. The number of carbonyl (C=O) groups is 1. The molecule has 5 aliphatic rings. The van der Waals surface area contributed by atoms with Gasteiger partial charge in [0.15, 0.2) is 31.5 Å². The van der Waals surface area contributed by atoms with Gasteiger partial charge in [-0.15, -0.1) is 0 Å². The standard InChI is InChI=1S/C33H57NO27/c1-7(40)34-13-18(46)14(42)9(3-36)53-30(13)60-27-17(45)12(6-39)56-33(28(27)61-31-20(48)19(47)15(43)10(4-37)54-31)59-25-16(44)11(5-38)55-32(23(25)51)58-26-21(49)24(8(41)2-35)57-29(52)22(26)50/h8-33,35-39,41-52H,2-6H2,1H3,(H,34,40)/t8-,9+,10+,11+,12+,13+,14+,15+,16+,17-,18+,19-,20+,21+,22-,23+,24+,25-,26-,27-,28+,29-,30+,31+,32+,33+/m0/s1. The summed E-state index contributed by atoms with van der Waals surface area (Å²) >= 11 is 0. The Morgan fingerprint density at radius 3 is 1.44 bits per heavy atom. The van der Waals surface area contributed by atoms with Gasteiger partial charge in [0.05, 0.1) is 33.0 Å². The molecule has 356 valence electrons. The first kappa shape index (κ1) is 50.4. The first-order chi connectivity index (χ1) is 28.8. The second kappa shape index (κ2) is 21.6. The average Bonchev–Trinajstić information content (AvgIpc) is 3.23. The van der Waals surface area contributed by atoms with Crippen LogP contribution in [0.2, 0.25) is 0 Å². The van der Waals surface area contributed by atoms with Crippen LogP contribution in [-0.4, -0.2) is 285 Å². The summed E-state index contributed by atoms with van der Waals surface area (Å²) in [6.07, 6.45) is -49.3. The van der Waals surface area contributed by atoms with Gasteiger partial charge in [-0.05, 0) is 0 Å². The third-order valence-electron chi connectivity index (χ3n) is 11.0. The minimum Gasteiger partial charge on any atom is -0.394 e. The molecular weight excluding hydrogens is 842 g/mol. The Kier molecular flexibility index (Phi) is 17.9. The zero-order chi connectivity index (χ0) is 45.2. The van der Waals surface area contributed by atoms with Gasteiger partial charge in [0.25, 0.3) is 0 Å². The van der Waals surface area contributed by atoms with Gasteiger partial charge in [-0.2, -0.15) is 0 Å². The fraction of sp³-hybridized carbons (Fsp3) is 0.970. The summed E-state index contributed by atoms with van der Waals surface area (Å²) in [4.78, 5) is 12.2. The lowest BCUT2D eigenvalue weighted by atomic mass is 9.94. The van der Waals surface area contributed by atoms with Crippen LogP contribution in [0, 0.1) is 0 Å². The fourth-order valence-corrected chi connectivity index (χ4v) is 7.62. The molecule has 0 radical (unpaired) electrons. The summed E-state index contributed by atoms with van der Waals surface area (Å²) < 4.78 is 50.9. The van der Waals surface area contributed by atoms with Crippen LogP contribution in [-0.2, 0) is 47.4 Å². The molecule has 0 unspecified atom stereocenters. The number of aliphatic hydroxyl groups is 17. The molecule has 1 amide bonds. The highest BCUT2D eigenvalue weighted by atomic mass is 16.8. The Balaban J connectivity index is 1.52. The lowest BCUT2D eigenvalue weighted by Gasteiger charge is -2.51. The van der Waals surface area contributed by atoms with Crippen molar-refractivity contribution in [3.63, 3.8) is 0 Å². The number of nitrogens with one attached hydrogen (secondary N) is 1. The molecular formula is C33H57NO27. The summed E-state index contributed by atoms with van der Waals surface area (Å²) in [6.45, 7) is -3.92. The lowest BCUT2D eigenvalue weighted by molar-refractivity contribution is -0.407. The fourth-order valence-electron chi connectivity index (χ4n) is 7.62. The molecule has 61 heavy (non-hydrogen) atoms. The maximum atomic E-state index is 12.2. The SMILES string of the molecule is CC(=O)N[C@H]1[C@@H](O[C@H]2[C@@H](O)[C@@H](CO)O[C@H](O[C@@H]3[C@@H](O)[C@@H](O[C@H]4[C@H](O)[C@@H]([C@@H](O)CO)O[C@H](O)[C@H]4O)O[C@H](CO)[C@H]3O)[C@@H]2O[C@H]2O[C@H](CO)[C@@H](O)[C@H](O)[C@H]2O)O[C@H](CO)[C@@H](O)[C@@H]1O. The molecule has 0 aromatic carbocycles. The molecule has 5 aliphatic heterocycles. The molecule has 5 rings (SSSR count). The molecule has 18 N–H and O–H groups in total. The summed E-state index contributed by atoms with van der Waals surface area (Å²) in [7, 11) is 0. The van der Waals surface area contributed by atoms with Crippen molar-refractivity contribution in [3.05, 3.63) is 0 Å². The van der Waals surface area contributed by atoms with Crippen LogP contribution in [0.3, 0.4) is 0 Å². The van der Waals surface area contributed by atoms with Crippen molar-refractivity contribution in [1.29, 1.82) is 0 Å². The molecule has 0 spiro atoms. The third-order valence-corrected chi connectivity index (χ3v) is 11.0. The third kappa shape index (κ3) is 10.6. The number of aliphatic hydroxyl groups excluding tert-OH is 17. The van der Waals surface area contributed by atoms with Crippen LogP contribution in [0.1, 0.15) is 6.92 Å². The van der Waals surface area contributed by atoms with Crippen LogP contribution in [0.4, 0.5) is 0 Å². The summed E-state index contributed by atoms with van der Waals surface area (Å²) in [5.41, 5.74) is 0. The topological polar surface area (TPSA) is 456 Å². The van der Waals surface area contributed by atoms with Crippen LogP contribution in [0.5, 0.6) is 0 Å². The van der Waals surface area contributed by atoms with E-state index in [-0.39, 0.29) is 0 Å². The van der Waals surface area contributed by atoms with Gasteiger partial charge in [0.2, 0.25) is 5.91 Å². The monoisotopic (exact) mass is 899 g/mol. The number of hydrogen-bond donors (Lipinski definition) is 18. The van der Waals surface area contributed by atoms with Crippen LogP contribution in [0.15, 0.2) is 0 Å². The van der Waals surface area contributed by atoms with E-state index in [9.17, 15) is 91.6 Å². The maximum absolute atomic E-state index is 12.2. The second-order valence-corrected chi connectivity index (χ2v) is 15.2. The van der Waals surface area contributed by atoms with E-state index in [2.05, 4.69) is 5.32 Å². The van der Waals surface area contributed by atoms with Gasteiger partial charge < -0.3 is 135 Å². The molecule has 28 heteroatoms. The van der Waals surface area contributed by atoms with E-state index >= 15 is 0 Å². The lowest BCUT2D eigenvalue weighted by Crippen LogP contribution is -2.70. The van der Waals surface area contributed by atoms with Crippen LogP contribution < -0.4 is 5.32 Å². The number of amides is 1. The predicted molar refractivity (Wildman–Crippen MR) is 184 cm³/mol. The molecule has 0 saturated carbocycles. The number of carbonyl (C=O) groups excluding carboxylic acids is 1. The van der Waals surface area contributed by atoms with E-state index in [1.54, 1.807) is 0 Å². The summed E-state index contributed by atoms with van der Waals surface area (Å²) in [5.74, 6) is -0.792. The first-order valence-electron chi connectivity index (χ1n) is 19.2. The highest BCUT2D eigenvalue weighted by Gasteiger charge is 2.58. The Hall–Kier alpha value is -1.57. The zero-order valence-electron chi connectivity index (χ0n) is 32.2. The van der Waals surface area contributed by atoms with Gasteiger partial charge in [-0.3, -0.25) is 4.79 Å². The van der Waals surface area contributed by atoms with Gasteiger partial charge in [0, 0.05) is 6.92 Å². The van der Waals surface area contributed by atoms with Crippen molar-refractivity contribution < 1.29 is 134 Å². The molecule has 5 fully saturated rings. The maximum Gasteiger partial charge on any atom is 0.217 e. The minimum absolute atomic E-state index is 0.792. The Labute approximate surface area is 345 Å². The van der Waals surface area contributed by atoms with Gasteiger partial charge in [-0.1, -0.05) is 0 Å². The molecule has 0 aromatic heterocycles. The molecule has 5 heterocycles. The summed E-state index contributed by atoms with van der Waals surface area (Å²) in [6, 6.07) is -1.67. The smallest absolute Gasteiger partial charge is 0.217 e. The second-order valence-electron chi connectivity index (χ2n) is 15.2. The largest absolute Gasteiger partial charge is 0.394 e. The Morgan fingerprint density at radius 1 is 0.475 bits per heavy atom. The van der Waals surface area contributed by atoms with E-state index in [1.165, 1.54) is 0 Å². The first-order valence-corrected chi connectivity index (χ1v) is 19.2. The number of ether oxygens (including phenoxy) is 9. The van der Waals surface area contributed by atoms with E-state index < -0.39 is 199 Å². The van der Waals surface area contributed by atoms with Crippen molar-refractivity contribution in [3.8, 4) is 0 Å². The predicted octanol–water partition coefficient (Wildman–Crippen LogP) is -12.4. The highest BCUT2D eigenvalue weighted by Crippen LogP contribution is 2.37. The normalized spacial score (nSPS) is 50.2. The molecule has 0 bridgehead atoms. The van der Waals surface area contributed by atoms with Gasteiger partial charge >= 0.3 is 0 Å². The minimum atomic E-state index is -2.26. The quantitative estimate of drug-likeness (QED) is 0.0725. The molecule has 26 atom stereocenters. The number of rotatable bonds is 15. The number of hydrogen-bond acceptors (Lipinski definition) is 27.